The van der Waals surface area contributed by atoms with E-state index in [-0.39, 0.29) is 17.5 Å². The molecular formula is C21H14ClF2N5O. The number of imidazole rings is 1. The van der Waals surface area contributed by atoms with E-state index in [1.54, 1.807) is 12.5 Å². The Labute approximate surface area is 175 Å². The summed E-state index contributed by atoms with van der Waals surface area (Å²) in [6.45, 7) is 0.500. The lowest BCUT2D eigenvalue weighted by molar-refractivity contribution is 0.0722. The Kier molecular flexibility index (Phi) is 4.63. The lowest BCUT2D eigenvalue weighted by Gasteiger charge is -2.11. The van der Waals surface area contributed by atoms with Crippen molar-refractivity contribution in [3.63, 3.8) is 0 Å². The number of rotatable bonds is 4. The largest absolute Gasteiger partial charge is 0.390 e. The second kappa shape index (κ2) is 7.46. The fourth-order valence-electron chi connectivity index (χ4n) is 3.32. The number of fused-ring (bicyclic) bond motifs is 1. The zero-order valence-electron chi connectivity index (χ0n) is 15.5. The van der Waals surface area contributed by atoms with Crippen LogP contribution in [0.25, 0.3) is 22.9 Å². The van der Waals surface area contributed by atoms with Gasteiger partial charge in [-0.1, -0.05) is 35.0 Å². The minimum absolute atomic E-state index is 0.000294. The van der Waals surface area contributed by atoms with Gasteiger partial charge in [0.25, 0.3) is 0 Å². The molecule has 0 spiro atoms. The summed E-state index contributed by atoms with van der Waals surface area (Å²) in [5.74, 6) is -1.47. The predicted molar refractivity (Wildman–Crippen MR) is 107 cm³/mol. The van der Waals surface area contributed by atoms with Gasteiger partial charge in [-0.15, -0.1) is 0 Å². The first-order valence-corrected chi connectivity index (χ1v) is 9.57. The monoisotopic (exact) mass is 425 g/mol. The van der Waals surface area contributed by atoms with E-state index in [0.29, 0.717) is 29.5 Å². The van der Waals surface area contributed by atoms with Crippen LogP contribution in [0.5, 0.6) is 0 Å². The molecule has 0 amide bonds. The number of hydrogen-bond donors (Lipinski definition) is 0. The van der Waals surface area contributed by atoms with Crippen molar-refractivity contribution in [1.29, 1.82) is 0 Å². The average Bonchev–Trinajstić information content (AvgIpc) is 3.37. The van der Waals surface area contributed by atoms with E-state index in [2.05, 4.69) is 20.1 Å². The maximum Gasteiger partial charge on any atom is 0.183 e. The molecule has 0 bridgehead atoms. The van der Waals surface area contributed by atoms with Gasteiger partial charge in [-0.2, -0.15) is 0 Å². The van der Waals surface area contributed by atoms with E-state index in [1.165, 1.54) is 12.1 Å². The van der Waals surface area contributed by atoms with Crippen LogP contribution in [0.2, 0.25) is 5.02 Å². The van der Waals surface area contributed by atoms with Crippen LogP contribution >= 0.6 is 11.6 Å². The van der Waals surface area contributed by atoms with Crippen LogP contribution in [0.1, 0.15) is 12.0 Å². The van der Waals surface area contributed by atoms with E-state index in [9.17, 15) is 8.78 Å². The second-order valence-corrected chi connectivity index (χ2v) is 7.34. The first-order chi connectivity index (χ1) is 14.6. The normalized spacial score (nSPS) is 16.0. The van der Waals surface area contributed by atoms with Gasteiger partial charge in [-0.25, -0.2) is 23.7 Å². The molecule has 3 aliphatic heterocycles. The molecule has 0 fully saturated rings. The third-order valence-electron chi connectivity index (χ3n) is 4.80. The van der Waals surface area contributed by atoms with Gasteiger partial charge in [0.2, 0.25) is 0 Å². The van der Waals surface area contributed by atoms with E-state index < -0.39 is 11.6 Å². The van der Waals surface area contributed by atoms with Gasteiger partial charge in [0.1, 0.15) is 5.69 Å². The SMILES string of the molecule is Fc1cccc(-c2nc3cn(CC4CC(c5ccc(Cl)cc5)=NO4)cnc-3n2)c1F. The highest BCUT2D eigenvalue weighted by atomic mass is 35.5. The molecule has 6 nitrogen and oxygen atoms in total. The van der Waals surface area contributed by atoms with E-state index in [1.807, 2.05) is 28.8 Å². The third kappa shape index (κ3) is 3.50. The third-order valence-corrected chi connectivity index (χ3v) is 5.05. The molecule has 1 unspecified atom stereocenters. The van der Waals surface area contributed by atoms with Gasteiger partial charge in [0.15, 0.2) is 29.4 Å². The Morgan fingerprint density at radius 1 is 1.07 bits per heavy atom. The Morgan fingerprint density at radius 2 is 1.90 bits per heavy atom. The zero-order chi connectivity index (χ0) is 20.7. The van der Waals surface area contributed by atoms with Gasteiger partial charge < -0.3 is 9.40 Å². The van der Waals surface area contributed by atoms with E-state index in [0.717, 1.165) is 17.3 Å². The highest BCUT2D eigenvalue weighted by Crippen LogP contribution is 2.27. The van der Waals surface area contributed by atoms with Gasteiger partial charge >= 0.3 is 0 Å². The Hall–Kier alpha value is -3.39. The molecule has 30 heavy (non-hydrogen) atoms. The number of hydrogen-bond acceptors (Lipinski definition) is 5. The maximum absolute atomic E-state index is 14.0. The van der Waals surface area contributed by atoms with E-state index >= 15 is 0 Å². The van der Waals surface area contributed by atoms with Crippen LogP contribution in [0.4, 0.5) is 8.78 Å². The van der Waals surface area contributed by atoms with Crippen LogP contribution in [0.15, 0.2) is 60.1 Å². The molecule has 0 radical (unpaired) electrons. The molecule has 2 aromatic carbocycles. The summed E-state index contributed by atoms with van der Waals surface area (Å²) in [6.07, 6.45) is 3.83. The minimum Gasteiger partial charge on any atom is -0.390 e. The molecule has 0 aliphatic carbocycles. The van der Waals surface area contributed by atoms with Gasteiger partial charge in [0, 0.05) is 17.6 Å². The number of aromatic nitrogens is 4. The molecule has 0 saturated carbocycles. The fourth-order valence-corrected chi connectivity index (χ4v) is 3.44. The average molecular weight is 426 g/mol. The summed E-state index contributed by atoms with van der Waals surface area (Å²) in [6, 6.07) is 11.3. The fraction of sp³-hybridized carbons (Fsp3) is 0.143. The van der Waals surface area contributed by atoms with Gasteiger partial charge in [-0.05, 0) is 29.8 Å². The second-order valence-electron chi connectivity index (χ2n) is 6.90. The molecule has 9 heteroatoms. The standard InChI is InChI=1S/C21H14ClF2N5O/c22-13-6-4-12(5-7-13)17-8-14(30-28-17)9-29-10-18-21(25-11-29)27-20(26-18)15-2-1-3-16(23)19(15)24/h1-7,10-11,14H,8-9H2. The zero-order valence-corrected chi connectivity index (χ0v) is 16.2. The maximum atomic E-state index is 14.0. The van der Waals surface area contributed by atoms with Crippen molar-refractivity contribution in [3.05, 3.63) is 77.2 Å². The summed E-state index contributed by atoms with van der Waals surface area (Å²) in [4.78, 5) is 18.3. The molecule has 2 aromatic rings. The molecule has 5 rings (SSSR count). The summed E-state index contributed by atoms with van der Waals surface area (Å²) in [5, 5.41) is 4.84. The lowest BCUT2D eigenvalue weighted by Crippen LogP contribution is -2.17. The summed E-state index contributed by atoms with van der Waals surface area (Å²) in [5.41, 5.74) is 2.29. The Balaban J connectivity index is 1.33. The van der Waals surface area contributed by atoms with Crippen molar-refractivity contribution in [1.82, 2.24) is 19.5 Å². The Morgan fingerprint density at radius 3 is 2.73 bits per heavy atom. The minimum atomic E-state index is -0.980. The van der Waals surface area contributed by atoms with Crippen molar-refractivity contribution in [3.8, 4) is 22.9 Å². The summed E-state index contributed by atoms with van der Waals surface area (Å²) in [7, 11) is 0. The molecule has 1 atom stereocenters. The summed E-state index contributed by atoms with van der Waals surface area (Å²) >= 11 is 5.93. The van der Waals surface area contributed by atoms with Gasteiger partial charge in [0.05, 0.1) is 24.1 Å². The highest BCUT2D eigenvalue weighted by Gasteiger charge is 2.24. The van der Waals surface area contributed by atoms with Crippen LogP contribution < -0.4 is 0 Å². The van der Waals surface area contributed by atoms with Crippen LogP contribution in [-0.4, -0.2) is 31.3 Å². The predicted octanol–water partition coefficient (Wildman–Crippen LogP) is 4.57. The van der Waals surface area contributed by atoms with Crippen LogP contribution in [0, 0.1) is 11.6 Å². The number of halogens is 3. The molecule has 0 saturated heterocycles. The molecule has 150 valence electrons. The smallest absolute Gasteiger partial charge is 0.183 e. The van der Waals surface area contributed by atoms with Gasteiger partial charge in [-0.3, -0.25) is 0 Å². The quantitative estimate of drug-likeness (QED) is 0.480. The van der Waals surface area contributed by atoms with Crippen molar-refractivity contribution >= 4 is 17.3 Å². The molecule has 0 aromatic heterocycles. The number of benzene rings is 2. The molecule has 3 aliphatic rings. The van der Waals surface area contributed by atoms with Crippen LogP contribution in [0.3, 0.4) is 0 Å². The molecular weight excluding hydrogens is 412 g/mol. The highest BCUT2D eigenvalue weighted by molar-refractivity contribution is 6.30. The number of nitrogens with zero attached hydrogens (tertiary/aromatic N) is 5. The van der Waals surface area contributed by atoms with Crippen molar-refractivity contribution < 1.29 is 13.6 Å². The first kappa shape index (κ1) is 18.6. The van der Waals surface area contributed by atoms with Crippen molar-refractivity contribution in [2.24, 2.45) is 5.16 Å². The van der Waals surface area contributed by atoms with E-state index in [4.69, 9.17) is 16.4 Å². The topological polar surface area (TPSA) is 65.2 Å². The Bertz CT molecular complexity index is 1220. The summed E-state index contributed by atoms with van der Waals surface area (Å²) < 4.78 is 29.4. The molecule has 3 heterocycles. The van der Waals surface area contributed by atoms with Crippen molar-refractivity contribution in [2.45, 2.75) is 19.1 Å². The lowest BCUT2D eigenvalue weighted by atomic mass is 10.1. The first-order valence-electron chi connectivity index (χ1n) is 9.19. The molecule has 0 N–H and O–H groups in total. The van der Waals surface area contributed by atoms with Crippen LogP contribution in [-0.2, 0) is 11.4 Å². The van der Waals surface area contributed by atoms with Crippen molar-refractivity contribution in [2.75, 3.05) is 0 Å². The number of oxime groups is 1.